The number of amides is 1. The summed E-state index contributed by atoms with van der Waals surface area (Å²) in [7, 11) is 1.65. The number of aryl methyl sites for hydroxylation is 1. The highest BCUT2D eigenvalue weighted by Crippen LogP contribution is 2.32. The second-order valence-corrected chi connectivity index (χ2v) is 9.11. The molecule has 0 aliphatic heterocycles. The lowest BCUT2D eigenvalue weighted by molar-refractivity contribution is -0.119. The van der Waals surface area contributed by atoms with Crippen LogP contribution in [0.3, 0.4) is 0 Å². The molecule has 0 bridgehead atoms. The van der Waals surface area contributed by atoms with Gasteiger partial charge >= 0.3 is 0 Å². The Kier molecular flexibility index (Phi) is 7.47. The van der Waals surface area contributed by atoms with Crippen molar-refractivity contribution in [2.45, 2.75) is 56.3 Å². The van der Waals surface area contributed by atoms with Crippen molar-refractivity contribution in [3.05, 3.63) is 71.5 Å². The van der Waals surface area contributed by atoms with Crippen LogP contribution in [0.1, 0.15) is 61.1 Å². The van der Waals surface area contributed by atoms with Gasteiger partial charge in [-0.25, -0.2) is 0 Å². The van der Waals surface area contributed by atoms with Gasteiger partial charge in [-0.05, 0) is 43.0 Å². The van der Waals surface area contributed by atoms with Gasteiger partial charge in [-0.3, -0.25) is 4.79 Å². The third-order valence-corrected chi connectivity index (χ3v) is 6.94. The number of methoxy groups -OCH3 is 1. The first kappa shape index (κ1) is 22.4. The molecule has 1 N–H and O–H groups in total. The van der Waals surface area contributed by atoms with E-state index in [-0.39, 0.29) is 11.9 Å². The molecule has 0 spiro atoms. The smallest absolute Gasteiger partial charge is 0.231 e. The fourth-order valence-electron chi connectivity index (χ4n) is 4.34. The predicted molar refractivity (Wildman–Crippen MR) is 127 cm³/mol. The molecule has 4 rings (SSSR count). The minimum Gasteiger partial charge on any atom is -0.497 e. The third kappa shape index (κ3) is 5.33. The molecule has 1 atom stereocenters. The number of carbonyl (C=O) groups is 1. The van der Waals surface area contributed by atoms with E-state index in [0.29, 0.717) is 11.8 Å². The first-order valence-corrected chi connectivity index (χ1v) is 12.2. The molecule has 2 aromatic carbocycles. The van der Waals surface area contributed by atoms with Crippen molar-refractivity contribution in [1.82, 2.24) is 20.1 Å². The number of aromatic nitrogens is 3. The van der Waals surface area contributed by atoms with Crippen LogP contribution in [0.2, 0.25) is 0 Å². The van der Waals surface area contributed by atoms with Gasteiger partial charge in [-0.15, -0.1) is 10.2 Å². The second kappa shape index (κ2) is 10.7. The summed E-state index contributed by atoms with van der Waals surface area (Å²) in [4.78, 5) is 13.0. The summed E-state index contributed by atoms with van der Waals surface area (Å²) >= 11 is 1.47. The van der Waals surface area contributed by atoms with Crippen molar-refractivity contribution in [3.8, 4) is 5.75 Å². The molecule has 1 saturated carbocycles. The molecule has 1 aromatic heterocycles. The summed E-state index contributed by atoms with van der Waals surface area (Å²) < 4.78 is 7.51. The van der Waals surface area contributed by atoms with E-state index in [9.17, 15) is 4.79 Å². The van der Waals surface area contributed by atoms with Gasteiger partial charge in [0.05, 0.1) is 18.9 Å². The van der Waals surface area contributed by atoms with Gasteiger partial charge in [-0.2, -0.15) is 0 Å². The molecular weight excluding hydrogens is 420 g/mol. The predicted octanol–water partition coefficient (Wildman–Crippen LogP) is 5.10. The van der Waals surface area contributed by atoms with E-state index in [4.69, 9.17) is 4.74 Å². The van der Waals surface area contributed by atoms with Crippen LogP contribution in [0.25, 0.3) is 0 Å². The molecule has 6 nitrogen and oxygen atoms in total. The molecule has 168 valence electrons. The van der Waals surface area contributed by atoms with Crippen molar-refractivity contribution < 1.29 is 9.53 Å². The van der Waals surface area contributed by atoms with E-state index in [0.717, 1.165) is 40.7 Å². The highest BCUT2D eigenvalue weighted by atomic mass is 32.2. The van der Waals surface area contributed by atoms with Crippen molar-refractivity contribution in [2.75, 3.05) is 12.9 Å². The average Bonchev–Trinajstić information content (AvgIpc) is 3.22. The van der Waals surface area contributed by atoms with Crippen LogP contribution in [-0.2, 0) is 4.79 Å². The zero-order valence-corrected chi connectivity index (χ0v) is 19.5. The van der Waals surface area contributed by atoms with Gasteiger partial charge in [0.15, 0.2) is 5.16 Å². The fraction of sp³-hybridized carbons (Fsp3) is 0.400. The van der Waals surface area contributed by atoms with Gasteiger partial charge < -0.3 is 14.6 Å². The average molecular weight is 451 g/mol. The fourth-order valence-corrected chi connectivity index (χ4v) is 5.20. The Labute approximate surface area is 193 Å². The molecule has 32 heavy (non-hydrogen) atoms. The molecule has 1 heterocycles. The summed E-state index contributed by atoms with van der Waals surface area (Å²) in [6.45, 7) is 2.00. The minimum absolute atomic E-state index is 0.0319. The van der Waals surface area contributed by atoms with Gasteiger partial charge in [0.1, 0.15) is 11.6 Å². The maximum Gasteiger partial charge on any atom is 0.231 e. The number of ether oxygens (including phenoxy) is 1. The third-order valence-electron chi connectivity index (χ3n) is 5.99. The number of hydrogen-bond donors (Lipinski definition) is 1. The van der Waals surface area contributed by atoms with E-state index in [1.807, 2.05) is 61.5 Å². The molecule has 1 aliphatic rings. The monoisotopic (exact) mass is 450 g/mol. The number of nitrogens with one attached hydrogen (secondary N) is 1. The highest BCUT2D eigenvalue weighted by molar-refractivity contribution is 7.99. The Bertz CT molecular complexity index is 1010. The Morgan fingerprint density at radius 2 is 1.75 bits per heavy atom. The van der Waals surface area contributed by atoms with Crippen LogP contribution in [0.4, 0.5) is 0 Å². The molecular formula is C25H30N4O2S. The van der Waals surface area contributed by atoms with Crippen molar-refractivity contribution in [2.24, 2.45) is 0 Å². The Morgan fingerprint density at radius 3 is 2.44 bits per heavy atom. The van der Waals surface area contributed by atoms with Crippen LogP contribution in [0.5, 0.6) is 5.75 Å². The number of hydrogen-bond acceptors (Lipinski definition) is 5. The lowest BCUT2D eigenvalue weighted by Crippen LogP contribution is -2.30. The summed E-state index contributed by atoms with van der Waals surface area (Å²) in [6, 6.07) is 18.1. The van der Waals surface area contributed by atoms with Gasteiger partial charge in [0.2, 0.25) is 5.91 Å². The molecule has 1 amide bonds. The number of carbonyl (C=O) groups excluding carboxylic acids is 1. The quantitative estimate of drug-likeness (QED) is 0.484. The zero-order chi connectivity index (χ0) is 22.3. The maximum absolute atomic E-state index is 13.0. The zero-order valence-electron chi connectivity index (χ0n) is 18.7. The number of benzene rings is 2. The largest absolute Gasteiger partial charge is 0.497 e. The summed E-state index contributed by atoms with van der Waals surface area (Å²) in [5.41, 5.74) is 2.05. The van der Waals surface area contributed by atoms with Gasteiger partial charge in [-0.1, -0.05) is 73.5 Å². The first-order valence-electron chi connectivity index (χ1n) is 11.2. The lowest BCUT2D eigenvalue weighted by atomic mass is 9.95. The van der Waals surface area contributed by atoms with E-state index in [1.54, 1.807) is 7.11 Å². The molecule has 1 fully saturated rings. The van der Waals surface area contributed by atoms with Crippen molar-refractivity contribution in [3.63, 3.8) is 0 Å². The van der Waals surface area contributed by atoms with Crippen LogP contribution < -0.4 is 10.1 Å². The molecule has 0 unspecified atom stereocenters. The van der Waals surface area contributed by atoms with Crippen molar-refractivity contribution >= 4 is 17.7 Å². The Morgan fingerprint density at radius 1 is 1.06 bits per heavy atom. The molecule has 0 radical (unpaired) electrons. The Balaban J connectivity index is 1.46. The summed E-state index contributed by atoms with van der Waals surface area (Å²) in [5.74, 6) is 1.99. The van der Waals surface area contributed by atoms with Crippen LogP contribution in [-0.4, -0.2) is 33.5 Å². The summed E-state index contributed by atoms with van der Waals surface area (Å²) in [5, 5.41) is 12.7. The van der Waals surface area contributed by atoms with Crippen LogP contribution in [0.15, 0.2) is 59.8 Å². The normalized spacial score (nSPS) is 15.3. The van der Waals surface area contributed by atoms with Crippen LogP contribution in [0, 0.1) is 6.92 Å². The molecule has 0 saturated heterocycles. The standard InChI is InChI=1S/C25H30N4O2S/c1-18-27-28-25(29(18)21-11-7-4-8-12-21)32-17-23(30)26-24(19-9-5-3-6-10-19)20-13-15-22(31-2)16-14-20/h3,5-6,9-10,13-16,21,24H,4,7-8,11-12,17H2,1-2H3,(H,26,30)/t24-/m0/s1. The van der Waals surface area contributed by atoms with Crippen LogP contribution >= 0.6 is 11.8 Å². The minimum atomic E-state index is -0.229. The number of rotatable bonds is 8. The number of thioether (sulfide) groups is 1. The summed E-state index contributed by atoms with van der Waals surface area (Å²) in [6.07, 6.45) is 6.11. The van der Waals surface area contributed by atoms with E-state index in [2.05, 4.69) is 20.1 Å². The topological polar surface area (TPSA) is 69.0 Å². The van der Waals surface area contributed by atoms with Gasteiger partial charge in [0, 0.05) is 6.04 Å². The second-order valence-electron chi connectivity index (χ2n) is 8.16. The first-order chi connectivity index (χ1) is 15.7. The van der Waals surface area contributed by atoms with Gasteiger partial charge in [0.25, 0.3) is 0 Å². The van der Waals surface area contributed by atoms with E-state index in [1.165, 1.54) is 31.0 Å². The molecule has 7 heteroatoms. The Hall–Kier alpha value is -2.80. The lowest BCUT2D eigenvalue weighted by Gasteiger charge is -2.25. The highest BCUT2D eigenvalue weighted by Gasteiger charge is 2.23. The molecule has 3 aromatic rings. The van der Waals surface area contributed by atoms with E-state index >= 15 is 0 Å². The SMILES string of the molecule is COc1ccc([C@@H](NC(=O)CSc2nnc(C)n2C2CCCCC2)c2ccccc2)cc1. The van der Waals surface area contributed by atoms with E-state index < -0.39 is 0 Å². The maximum atomic E-state index is 13.0. The number of nitrogens with zero attached hydrogens (tertiary/aromatic N) is 3. The molecule has 1 aliphatic carbocycles. The van der Waals surface area contributed by atoms with Crippen molar-refractivity contribution in [1.29, 1.82) is 0 Å².